The lowest BCUT2D eigenvalue weighted by Crippen LogP contribution is -2.49. The normalized spacial score (nSPS) is 33.5. The minimum Gasteiger partial charge on any atom is -0.380 e. The molecule has 2 heteroatoms. The Balaban J connectivity index is 1.81. The van der Waals surface area contributed by atoms with Crippen LogP contribution in [-0.2, 0) is 4.74 Å². The first-order valence-electron chi connectivity index (χ1n) is 7.60. The van der Waals surface area contributed by atoms with Crippen molar-refractivity contribution in [2.75, 3.05) is 7.11 Å². The Bertz CT molecular complexity index is 213. The molecule has 2 nitrogen and oxygen atoms in total. The fraction of sp³-hybridized carbons (Fsp3) is 1.00. The van der Waals surface area contributed by atoms with Crippen LogP contribution in [0.4, 0.5) is 0 Å². The van der Waals surface area contributed by atoms with E-state index in [2.05, 4.69) is 12.2 Å². The Kier molecular flexibility index (Phi) is 5.30. The van der Waals surface area contributed by atoms with Gasteiger partial charge in [-0.2, -0.15) is 0 Å². The fourth-order valence-corrected chi connectivity index (χ4v) is 3.68. The van der Waals surface area contributed by atoms with E-state index in [1.165, 1.54) is 57.8 Å². The highest BCUT2D eigenvalue weighted by Gasteiger charge is 2.28. The summed E-state index contributed by atoms with van der Waals surface area (Å²) >= 11 is 0. The summed E-state index contributed by atoms with van der Waals surface area (Å²) < 4.78 is 5.63. The van der Waals surface area contributed by atoms with E-state index in [0.717, 1.165) is 5.92 Å². The van der Waals surface area contributed by atoms with Crippen molar-refractivity contribution < 1.29 is 4.74 Å². The lowest BCUT2D eigenvalue weighted by atomic mass is 9.83. The summed E-state index contributed by atoms with van der Waals surface area (Å²) in [6, 6.07) is 1.28. The molecule has 0 spiro atoms. The van der Waals surface area contributed by atoms with Gasteiger partial charge in [0, 0.05) is 19.2 Å². The van der Waals surface area contributed by atoms with Crippen molar-refractivity contribution in [3.63, 3.8) is 0 Å². The standard InChI is InChI=1S/C15H29NO/c1-12(13-8-4-3-5-9-13)16-14-10-6-7-11-15(14)17-2/h12-16H,3-11H2,1-2H3/t12-,14?,15?/m1/s1. The van der Waals surface area contributed by atoms with Crippen molar-refractivity contribution in [2.24, 2.45) is 5.92 Å². The molecule has 0 radical (unpaired) electrons. The molecule has 3 atom stereocenters. The number of hydrogen-bond donors (Lipinski definition) is 1. The van der Waals surface area contributed by atoms with Crippen LogP contribution in [0.3, 0.4) is 0 Å². The van der Waals surface area contributed by atoms with E-state index in [9.17, 15) is 0 Å². The molecular weight excluding hydrogens is 210 g/mol. The lowest BCUT2D eigenvalue weighted by Gasteiger charge is -2.37. The second kappa shape index (κ2) is 6.75. The molecule has 0 aromatic heterocycles. The van der Waals surface area contributed by atoms with Crippen molar-refractivity contribution in [1.29, 1.82) is 0 Å². The Morgan fingerprint density at radius 2 is 1.59 bits per heavy atom. The van der Waals surface area contributed by atoms with Gasteiger partial charge in [0.1, 0.15) is 0 Å². The maximum atomic E-state index is 5.63. The van der Waals surface area contributed by atoms with Gasteiger partial charge in [-0.25, -0.2) is 0 Å². The Hall–Kier alpha value is -0.0800. The van der Waals surface area contributed by atoms with E-state index in [1.54, 1.807) is 0 Å². The predicted molar refractivity (Wildman–Crippen MR) is 72.2 cm³/mol. The maximum Gasteiger partial charge on any atom is 0.0724 e. The molecule has 17 heavy (non-hydrogen) atoms. The Morgan fingerprint density at radius 1 is 0.941 bits per heavy atom. The molecule has 2 aliphatic rings. The summed E-state index contributed by atoms with van der Waals surface area (Å²) in [4.78, 5) is 0. The maximum absolute atomic E-state index is 5.63. The number of hydrogen-bond acceptors (Lipinski definition) is 2. The summed E-state index contributed by atoms with van der Waals surface area (Å²) in [5, 5.41) is 3.86. The molecular formula is C15H29NO. The van der Waals surface area contributed by atoms with Gasteiger partial charge in [0.05, 0.1) is 6.10 Å². The van der Waals surface area contributed by atoms with Crippen LogP contribution in [0.25, 0.3) is 0 Å². The van der Waals surface area contributed by atoms with E-state index in [4.69, 9.17) is 4.74 Å². The largest absolute Gasteiger partial charge is 0.380 e. The van der Waals surface area contributed by atoms with Crippen molar-refractivity contribution in [3.05, 3.63) is 0 Å². The van der Waals surface area contributed by atoms with Crippen LogP contribution >= 0.6 is 0 Å². The van der Waals surface area contributed by atoms with Crippen LogP contribution in [0.1, 0.15) is 64.7 Å². The third kappa shape index (κ3) is 3.69. The fourth-order valence-electron chi connectivity index (χ4n) is 3.68. The zero-order valence-corrected chi connectivity index (χ0v) is 11.6. The van der Waals surface area contributed by atoms with E-state index >= 15 is 0 Å². The third-order valence-electron chi connectivity index (χ3n) is 4.84. The third-order valence-corrected chi connectivity index (χ3v) is 4.84. The topological polar surface area (TPSA) is 21.3 Å². The average Bonchev–Trinajstić information content (AvgIpc) is 2.40. The highest BCUT2D eigenvalue weighted by molar-refractivity contribution is 4.86. The van der Waals surface area contributed by atoms with Gasteiger partial charge in [-0.3, -0.25) is 0 Å². The molecule has 0 saturated heterocycles. The zero-order chi connectivity index (χ0) is 12.1. The molecule has 2 fully saturated rings. The second-order valence-corrected chi connectivity index (χ2v) is 6.02. The summed E-state index contributed by atoms with van der Waals surface area (Å²) in [6.45, 7) is 2.39. The van der Waals surface area contributed by atoms with Crippen molar-refractivity contribution in [1.82, 2.24) is 5.32 Å². The van der Waals surface area contributed by atoms with E-state index in [0.29, 0.717) is 18.2 Å². The second-order valence-electron chi connectivity index (χ2n) is 6.02. The molecule has 0 aliphatic heterocycles. The Labute approximate surface area is 107 Å². The van der Waals surface area contributed by atoms with Crippen LogP contribution in [0, 0.1) is 5.92 Å². The SMILES string of the molecule is COC1CCCCC1N[C@H](C)C1CCCCC1. The predicted octanol–water partition coefficient (Wildman–Crippen LogP) is 3.50. The van der Waals surface area contributed by atoms with Gasteiger partial charge in [0.25, 0.3) is 0 Å². The first kappa shape index (κ1) is 13.4. The first-order valence-corrected chi connectivity index (χ1v) is 7.60. The van der Waals surface area contributed by atoms with Crippen LogP contribution in [-0.4, -0.2) is 25.3 Å². The molecule has 2 aliphatic carbocycles. The van der Waals surface area contributed by atoms with E-state index in [-0.39, 0.29) is 0 Å². The van der Waals surface area contributed by atoms with Crippen molar-refractivity contribution in [3.8, 4) is 0 Å². The number of rotatable bonds is 4. The summed E-state index contributed by atoms with van der Waals surface area (Å²) in [7, 11) is 1.87. The summed E-state index contributed by atoms with van der Waals surface area (Å²) in [5.41, 5.74) is 0. The van der Waals surface area contributed by atoms with Gasteiger partial charge < -0.3 is 10.1 Å². The minimum atomic E-state index is 0.454. The van der Waals surface area contributed by atoms with Crippen LogP contribution in [0.5, 0.6) is 0 Å². The quantitative estimate of drug-likeness (QED) is 0.810. The minimum absolute atomic E-state index is 0.454. The first-order chi connectivity index (χ1) is 8.31. The smallest absolute Gasteiger partial charge is 0.0724 e. The lowest BCUT2D eigenvalue weighted by molar-refractivity contribution is 0.0344. The average molecular weight is 239 g/mol. The monoisotopic (exact) mass is 239 g/mol. The van der Waals surface area contributed by atoms with Gasteiger partial charge >= 0.3 is 0 Å². The van der Waals surface area contributed by atoms with Crippen molar-refractivity contribution >= 4 is 0 Å². The molecule has 2 unspecified atom stereocenters. The summed E-state index contributed by atoms with van der Waals surface area (Å²) in [6.07, 6.45) is 12.9. The van der Waals surface area contributed by atoms with Crippen LogP contribution in [0.15, 0.2) is 0 Å². The summed E-state index contributed by atoms with van der Waals surface area (Å²) in [5.74, 6) is 0.906. The molecule has 0 bridgehead atoms. The molecule has 2 rings (SSSR count). The van der Waals surface area contributed by atoms with E-state index in [1.807, 2.05) is 7.11 Å². The molecule has 0 amide bonds. The van der Waals surface area contributed by atoms with Crippen LogP contribution in [0.2, 0.25) is 0 Å². The van der Waals surface area contributed by atoms with Gasteiger partial charge in [-0.15, -0.1) is 0 Å². The van der Waals surface area contributed by atoms with Gasteiger partial charge in [-0.1, -0.05) is 32.1 Å². The highest BCUT2D eigenvalue weighted by atomic mass is 16.5. The highest BCUT2D eigenvalue weighted by Crippen LogP contribution is 2.28. The van der Waals surface area contributed by atoms with Crippen molar-refractivity contribution in [2.45, 2.75) is 82.9 Å². The number of ether oxygens (including phenoxy) is 1. The molecule has 2 saturated carbocycles. The molecule has 0 aromatic carbocycles. The number of methoxy groups -OCH3 is 1. The van der Waals surface area contributed by atoms with Gasteiger partial charge in [-0.05, 0) is 38.5 Å². The molecule has 0 aromatic rings. The zero-order valence-electron chi connectivity index (χ0n) is 11.6. The molecule has 100 valence electrons. The van der Waals surface area contributed by atoms with E-state index < -0.39 is 0 Å². The van der Waals surface area contributed by atoms with Gasteiger partial charge in [0.15, 0.2) is 0 Å². The van der Waals surface area contributed by atoms with Crippen LogP contribution < -0.4 is 5.32 Å². The Morgan fingerprint density at radius 3 is 2.29 bits per heavy atom. The molecule has 1 N–H and O–H groups in total. The van der Waals surface area contributed by atoms with Gasteiger partial charge in [0.2, 0.25) is 0 Å². The molecule has 0 heterocycles. The number of nitrogens with one attached hydrogen (secondary N) is 1.